The lowest BCUT2D eigenvalue weighted by atomic mass is 10.00. The molecule has 0 fully saturated rings. The number of rotatable bonds is 3. The van der Waals surface area contributed by atoms with Gasteiger partial charge in [0.05, 0.1) is 17.9 Å². The molecule has 8 heteroatoms. The second-order valence-corrected chi connectivity index (χ2v) is 7.05. The molecule has 0 saturated heterocycles. The fraction of sp³-hybridized carbons (Fsp3) is 0.421. The first-order valence-electron chi connectivity index (χ1n) is 9.11. The SMILES string of the molecule is C[C@@H]1Cc2nn3c(c2CN1CNc1ccc(F)c(C#N)c1)C(=O)NCCC3. The van der Waals surface area contributed by atoms with E-state index in [0.717, 1.165) is 30.6 Å². The molecule has 0 saturated carbocycles. The molecule has 2 aliphatic rings. The Balaban J connectivity index is 1.53. The number of halogens is 1. The number of benzene rings is 1. The molecule has 140 valence electrons. The summed E-state index contributed by atoms with van der Waals surface area (Å²) in [4.78, 5) is 14.7. The summed E-state index contributed by atoms with van der Waals surface area (Å²) in [6, 6.07) is 6.53. The van der Waals surface area contributed by atoms with Crippen LogP contribution in [0.3, 0.4) is 0 Å². The summed E-state index contributed by atoms with van der Waals surface area (Å²) in [7, 11) is 0. The standard InChI is InChI=1S/C19H21FN6O/c1-12-7-17-15(18-19(27)22-5-2-6-26(18)24-17)10-25(12)11-23-14-3-4-16(20)13(8-14)9-21/h3-4,8,12,23H,2,5-7,10-11H2,1H3,(H,22,27)/t12-/m1/s1. The maximum absolute atomic E-state index is 13.5. The van der Waals surface area contributed by atoms with Crippen LogP contribution < -0.4 is 10.6 Å². The Labute approximate surface area is 156 Å². The molecule has 2 aromatic rings. The van der Waals surface area contributed by atoms with Crippen LogP contribution in [0.1, 0.15) is 40.7 Å². The molecule has 0 spiro atoms. The summed E-state index contributed by atoms with van der Waals surface area (Å²) < 4.78 is 15.3. The maximum atomic E-state index is 13.5. The van der Waals surface area contributed by atoms with Crippen molar-refractivity contribution in [1.29, 1.82) is 5.26 Å². The number of anilines is 1. The van der Waals surface area contributed by atoms with Crippen LogP contribution in [-0.2, 0) is 19.5 Å². The zero-order chi connectivity index (χ0) is 19.0. The Morgan fingerprint density at radius 1 is 1.48 bits per heavy atom. The van der Waals surface area contributed by atoms with Gasteiger partial charge in [0.2, 0.25) is 0 Å². The third kappa shape index (κ3) is 3.26. The number of carbonyl (C=O) groups excluding carboxylic acids is 1. The number of carbonyl (C=O) groups is 1. The van der Waals surface area contributed by atoms with Crippen molar-refractivity contribution in [3.63, 3.8) is 0 Å². The van der Waals surface area contributed by atoms with Crippen molar-refractivity contribution in [3.05, 3.63) is 46.5 Å². The van der Waals surface area contributed by atoms with Gasteiger partial charge in [0.15, 0.2) is 0 Å². The van der Waals surface area contributed by atoms with Crippen LogP contribution in [0.5, 0.6) is 0 Å². The van der Waals surface area contributed by atoms with Gasteiger partial charge in [-0.05, 0) is 31.5 Å². The van der Waals surface area contributed by atoms with Gasteiger partial charge in [0.25, 0.3) is 5.91 Å². The van der Waals surface area contributed by atoms with E-state index in [9.17, 15) is 9.18 Å². The number of hydrogen-bond acceptors (Lipinski definition) is 5. The van der Waals surface area contributed by atoms with Gasteiger partial charge in [0, 0.05) is 43.3 Å². The maximum Gasteiger partial charge on any atom is 0.269 e. The lowest BCUT2D eigenvalue weighted by Crippen LogP contribution is -2.41. The first-order valence-corrected chi connectivity index (χ1v) is 9.11. The predicted molar refractivity (Wildman–Crippen MR) is 97.5 cm³/mol. The van der Waals surface area contributed by atoms with Gasteiger partial charge in [-0.15, -0.1) is 0 Å². The number of nitrogens with zero attached hydrogens (tertiary/aromatic N) is 4. The predicted octanol–water partition coefficient (Wildman–Crippen LogP) is 1.84. The minimum Gasteiger partial charge on any atom is -0.372 e. The molecule has 0 unspecified atom stereocenters. The Bertz CT molecular complexity index is 931. The molecule has 3 heterocycles. The molecule has 1 amide bonds. The van der Waals surface area contributed by atoms with Gasteiger partial charge < -0.3 is 10.6 Å². The molecule has 1 aromatic carbocycles. The molecule has 1 aromatic heterocycles. The average molecular weight is 368 g/mol. The molecule has 2 N–H and O–H groups in total. The Morgan fingerprint density at radius 3 is 3.15 bits per heavy atom. The number of nitriles is 1. The Hall–Kier alpha value is -2.92. The highest BCUT2D eigenvalue weighted by molar-refractivity contribution is 5.94. The number of aryl methyl sites for hydroxylation is 1. The van der Waals surface area contributed by atoms with Crippen molar-refractivity contribution >= 4 is 11.6 Å². The van der Waals surface area contributed by atoms with E-state index in [2.05, 4.69) is 27.6 Å². The van der Waals surface area contributed by atoms with E-state index < -0.39 is 5.82 Å². The highest BCUT2D eigenvalue weighted by atomic mass is 19.1. The third-order valence-electron chi connectivity index (χ3n) is 5.23. The monoisotopic (exact) mass is 368 g/mol. The number of amides is 1. The van der Waals surface area contributed by atoms with E-state index in [0.29, 0.717) is 31.1 Å². The highest BCUT2D eigenvalue weighted by Crippen LogP contribution is 2.27. The van der Waals surface area contributed by atoms with Crippen LogP contribution in [0.25, 0.3) is 0 Å². The number of nitrogens with one attached hydrogen (secondary N) is 2. The minimum atomic E-state index is -0.521. The van der Waals surface area contributed by atoms with E-state index in [-0.39, 0.29) is 17.5 Å². The van der Waals surface area contributed by atoms with Crippen molar-refractivity contribution in [2.24, 2.45) is 0 Å². The lowest BCUT2D eigenvalue weighted by Gasteiger charge is -2.33. The Kier molecular flexibility index (Phi) is 4.54. The fourth-order valence-corrected chi connectivity index (χ4v) is 3.70. The molecule has 2 aliphatic heterocycles. The smallest absolute Gasteiger partial charge is 0.269 e. The first-order chi connectivity index (χ1) is 13.1. The second-order valence-electron chi connectivity index (χ2n) is 7.05. The summed E-state index contributed by atoms with van der Waals surface area (Å²) in [5.41, 5.74) is 3.38. The molecule has 7 nitrogen and oxygen atoms in total. The summed E-state index contributed by atoms with van der Waals surface area (Å²) in [6.45, 7) is 4.70. The van der Waals surface area contributed by atoms with Crippen LogP contribution in [0.2, 0.25) is 0 Å². The summed E-state index contributed by atoms with van der Waals surface area (Å²) in [5, 5.41) is 19.8. The first kappa shape index (κ1) is 17.5. The van der Waals surface area contributed by atoms with Crippen molar-refractivity contribution in [3.8, 4) is 6.07 Å². The third-order valence-corrected chi connectivity index (χ3v) is 5.23. The Morgan fingerprint density at radius 2 is 2.33 bits per heavy atom. The number of hydrogen-bond donors (Lipinski definition) is 2. The average Bonchev–Trinajstić information content (AvgIpc) is 2.90. The molecule has 0 radical (unpaired) electrons. The van der Waals surface area contributed by atoms with Crippen LogP contribution in [0.4, 0.5) is 10.1 Å². The van der Waals surface area contributed by atoms with Gasteiger partial charge >= 0.3 is 0 Å². The highest BCUT2D eigenvalue weighted by Gasteiger charge is 2.32. The lowest BCUT2D eigenvalue weighted by molar-refractivity contribution is 0.0947. The van der Waals surface area contributed by atoms with Gasteiger partial charge in [-0.25, -0.2) is 4.39 Å². The molecule has 4 rings (SSSR count). The molecular formula is C19H21FN6O. The minimum absolute atomic E-state index is 0.0209. The largest absolute Gasteiger partial charge is 0.372 e. The normalized spacial score (nSPS) is 19.4. The van der Waals surface area contributed by atoms with Crippen LogP contribution >= 0.6 is 0 Å². The van der Waals surface area contributed by atoms with Crippen molar-refractivity contribution < 1.29 is 9.18 Å². The number of aromatic nitrogens is 2. The summed E-state index contributed by atoms with van der Waals surface area (Å²) in [5.74, 6) is -0.575. The van der Waals surface area contributed by atoms with Gasteiger partial charge in [-0.2, -0.15) is 10.4 Å². The number of fused-ring (bicyclic) bond motifs is 3. The van der Waals surface area contributed by atoms with E-state index in [1.807, 2.05) is 10.8 Å². The zero-order valence-electron chi connectivity index (χ0n) is 15.1. The van der Waals surface area contributed by atoms with E-state index >= 15 is 0 Å². The molecular weight excluding hydrogens is 347 g/mol. The van der Waals surface area contributed by atoms with Crippen LogP contribution in [-0.4, -0.2) is 39.8 Å². The quantitative estimate of drug-likeness (QED) is 0.863. The van der Waals surface area contributed by atoms with E-state index in [4.69, 9.17) is 5.26 Å². The van der Waals surface area contributed by atoms with Gasteiger partial charge in [-0.3, -0.25) is 14.4 Å². The van der Waals surface area contributed by atoms with Crippen molar-refractivity contribution in [2.45, 2.75) is 38.9 Å². The van der Waals surface area contributed by atoms with Crippen LogP contribution in [0.15, 0.2) is 18.2 Å². The second kappa shape index (κ2) is 7.00. The van der Waals surface area contributed by atoms with Crippen LogP contribution in [0, 0.1) is 17.1 Å². The molecule has 0 bridgehead atoms. The van der Waals surface area contributed by atoms with Gasteiger partial charge in [-0.1, -0.05) is 0 Å². The van der Waals surface area contributed by atoms with Crippen molar-refractivity contribution in [1.82, 2.24) is 20.0 Å². The summed E-state index contributed by atoms with van der Waals surface area (Å²) in [6.07, 6.45) is 1.66. The van der Waals surface area contributed by atoms with Crippen molar-refractivity contribution in [2.75, 3.05) is 18.5 Å². The molecule has 0 aliphatic carbocycles. The van der Waals surface area contributed by atoms with E-state index in [1.54, 1.807) is 6.07 Å². The topological polar surface area (TPSA) is 86.0 Å². The van der Waals surface area contributed by atoms with E-state index in [1.165, 1.54) is 12.1 Å². The fourth-order valence-electron chi connectivity index (χ4n) is 3.70. The summed E-state index contributed by atoms with van der Waals surface area (Å²) >= 11 is 0. The van der Waals surface area contributed by atoms with Gasteiger partial charge in [0.1, 0.15) is 17.6 Å². The molecule has 27 heavy (non-hydrogen) atoms. The molecule has 1 atom stereocenters. The zero-order valence-corrected chi connectivity index (χ0v) is 15.1.